The molecule has 0 aliphatic carbocycles. The van der Waals surface area contributed by atoms with Crippen molar-refractivity contribution in [3.8, 4) is 50.6 Å². The zero-order valence-electron chi connectivity index (χ0n) is 33.7. The molecule has 0 fully saturated rings. The van der Waals surface area contributed by atoms with Gasteiger partial charge in [0.25, 0.3) is 0 Å². The zero-order chi connectivity index (χ0) is 39.8. The molecule has 0 amide bonds. The Kier molecular flexibility index (Phi) is 11.1. The first-order chi connectivity index (χ1) is 28.2. The van der Waals surface area contributed by atoms with Crippen molar-refractivity contribution in [2.24, 2.45) is 7.05 Å². The maximum atomic E-state index is 6.48. The molecule has 10 aromatic rings. The van der Waals surface area contributed by atoms with Crippen LogP contribution >= 0.6 is 0 Å². The van der Waals surface area contributed by atoms with Gasteiger partial charge in [-0.15, -0.1) is 54.1 Å². The van der Waals surface area contributed by atoms with Crippen molar-refractivity contribution in [3.05, 3.63) is 188 Å². The van der Waals surface area contributed by atoms with Crippen LogP contribution in [0.25, 0.3) is 83.7 Å². The predicted molar refractivity (Wildman–Crippen MR) is 241 cm³/mol. The van der Waals surface area contributed by atoms with Crippen molar-refractivity contribution in [1.82, 2.24) is 14.5 Å². The Balaban J connectivity index is 0.000000240. The zero-order valence-corrected chi connectivity index (χ0v) is 37.1. The first-order valence-electron chi connectivity index (χ1n) is 19.6. The minimum atomic E-state index is -1.23. The summed E-state index contributed by atoms with van der Waals surface area (Å²) in [6.07, 6.45) is 4.17. The number of nitrogens with zero attached hydrogens (tertiary/aromatic N) is 4. The van der Waals surface area contributed by atoms with Crippen LogP contribution in [0.3, 0.4) is 0 Å². The summed E-state index contributed by atoms with van der Waals surface area (Å²) >= 11 is 0. The van der Waals surface area contributed by atoms with E-state index in [1.807, 2.05) is 54.7 Å². The van der Waals surface area contributed by atoms with Crippen LogP contribution < -0.4 is 9.75 Å². The van der Waals surface area contributed by atoms with Crippen molar-refractivity contribution < 1.29 is 29.1 Å². The fourth-order valence-corrected chi connectivity index (χ4v) is 8.71. The van der Waals surface area contributed by atoms with Crippen LogP contribution in [0.2, 0.25) is 19.6 Å². The molecule has 0 aliphatic heterocycles. The SMILES string of the molecule is C[Si](C)(C)c1ccc(-c2[c-]cccc2)nc1.Cc1cc2nc(-c3[c-]ccc4c3oc3ccccc34)n(-c3ccc(-c4ccccc4)cc3-c3ccccc3)c2[n+](C)c1.[Ir]. The molecule has 0 saturated carbocycles. The molecule has 0 unspecified atom stereocenters. The Morgan fingerprint density at radius 2 is 1.41 bits per heavy atom. The summed E-state index contributed by atoms with van der Waals surface area (Å²) in [6, 6.07) is 61.1. The summed E-state index contributed by atoms with van der Waals surface area (Å²) in [7, 11) is 0.857. The number of benzene rings is 6. The molecular weight excluding hydrogens is 917 g/mol. The van der Waals surface area contributed by atoms with Gasteiger partial charge >= 0.3 is 5.65 Å². The van der Waals surface area contributed by atoms with Gasteiger partial charge in [0, 0.05) is 37.3 Å². The van der Waals surface area contributed by atoms with Crippen LogP contribution in [0, 0.1) is 19.1 Å². The normalized spacial score (nSPS) is 11.3. The van der Waals surface area contributed by atoms with Gasteiger partial charge in [-0.1, -0.05) is 122 Å². The topological polar surface area (TPSA) is 47.7 Å². The van der Waals surface area contributed by atoms with Gasteiger partial charge in [0.2, 0.25) is 0 Å². The second-order valence-electron chi connectivity index (χ2n) is 15.7. The fourth-order valence-electron chi connectivity index (χ4n) is 7.68. The van der Waals surface area contributed by atoms with Gasteiger partial charge in [-0.2, -0.15) is 0 Å². The van der Waals surface area contributed by atoms with Crippen LogP contribution in [0.5, 0.6) is 0 Å². The average molecular weight is 960 g/mol. The molecule has 0 bridgehead atoms. The summed E-state index contributed by atoms with van der Waals surface area (Å²) in [5.41, 5.74) is 13.3. The Bertz CT molecular complexity index is 3040. The molecule has 5 nitrogen and oxygen atoms in total. The van der Waals surface area contributed by atoms with Gasteiger partial charge in [0.1, 0.15) is 16.8 Å². The molecule has 4 aromatic heterocycles. The first kappa shape index (κ1) is 39.6. The van der Waals surface area contributed by atoms with Gasteiger partial charge in [-0.3, -0.25) is 0 Å². The van der Waals surface area contributed by atoms with E-state index in [0.717, 1.165) is 83.7 Å². The third-order valence-corrected chi connectivity index (χ3v) is 12.6. The molecule has 59 heavy (non-hydrogen) atoms. The standard InChI is InChI=1S/C38H27N3O.C14H16NSi.Ir/c1-25-22-33-38(40(2)24-25)41(37(39-33)31-18-11-17-30-29-16-9-10-19-35(29)42-36(30)31)34-21-20-28(26-12-5-3-6-13-26)23-32(34)27-14-7-4-8-15-27;1-16(2,3)13-9-10-14(15-11-13)12-7-5-4-6-8-12;/h3-17,19-24H,1-2H3;4-7,9-11H,1-3H3;/q;-1;. The van der Waals surface area contributed by atoms with E-state index in [9.17, 15) is 0 Å². The third-order valence-electron chi connectivity index (χ3n) is 10.6. The van der Waals surface area contributed by atoms with Gasteiger partial charge < -0.3 is 9.40 Å². The molecule has 4 heterocycles. The molecule has 0 atom stereocenters. The number of rotatable bonds is 6. The molecule has 6 aromatic carbocycles. The van der Waals surface area contributed by atoms with E-state index in [0.29, 0.717) is 0 Å². The number of fused-ring (bicyclic) bond motifs is 4. The summed E-state index contributed by atoms with van der Waals surface area (Å²) in [4.78, 5) is 9.79. The molecular formula is C52H43IrN4OSi-. The second-order valence-corrected chi connectivity index (χ2v) is 20.8. The van der Waals surface area contributed by atoms with Crippen LogP contribution in [0.1, 0.15) is 5.56 Å². The van der Waals surface area contributed by atoms with E-state index >= 15 is 0 Å². The van der Waals surface area contributed by atoms with E-state index in [2.05, 4.69) is 175 Å². The molecule has 10 rings (SSSR count). The van der Waals surface area contributed by atoms with Crippen LogP contribution in [-0.2, 0) is 27.2 Å². The maximum Gasteiger partial charge on any atom is 0.304 e. The number of imidazole rings is 1. The largest absolute Gasteiger partial charge is 0.500 e. The number of aryl methyl sites for hydroxylation is 2. The minimum Gasteiger partial charge on any atom is -0.500 e. The van der Waals surface area contributed by atoms with Gasteiger partial charge in [-0.05, 0) is 69.9 Å². The van der Waals surface area contributed by atoms with Crippen LogP contribution in [-0.4, -0.2) is 22.6 Å². The van der Waals surface area contributed by atoms with Crippen molar-refractivity contribution in [2.75, 3.05) is 0 Å². The molecule has 0 aliphatic rings. The number of furan rings is 1. The quantitative estimate of drug-likeness (QED) is 0.0948. The molecule has 1 radical (unpaired) electrons. The number of pyridine rings is 2. The number of hydrogen-bond donors (Lipinski definition) is 0. The number of para-hydroxylation sites is 1. The monoisotopic (exact) mass is 960 g/mol. The number of aromatic nitrogens is 4. The van der Waals surface area contributed by atoms with Gasteiger partial charge in [-0.25, -0.2) is 14.1 Å². The Morgan fingerprint density at radius 1 is 0.678 bits per heavy atom. The van der Waals surface area contributed by atoms with Crippen LogP contribution in [0.4, 0.5) is 0 Å². The van der Waals surface area contributed by atoms with E-state index < -0.39 is 8.07 Å². The third kappa shape index (κ3) is 7.85. The molecule has 291 valence electrons. The Morgan fingerprint density at radius 3 is 2.12 bits per heavy atom. The first-order valence-corrected chi connectivity index (χ1v) is 23.1. The molecule has 0 N–H and O–H groups in total. The summed E-state index contributed by atoms with van der Waals surface area (Å²) in [6.45, 7) is 9.10. The Labute approximate surface area is 360 Å². The minimum absolute atomic E-state index is 0. The van der Waals surface area contributed by atoms with Gasteiger partial charge in [0.05, 0.1) is 26.9 Å². The van der Waals surface area contributed by atoms with E-state index in [1.54, 1.807) is 0 Å². The van der Waals surface area contributed by atoms with E-state index in [-0.39, 0.29) is 20.1 Å². The smallest absolute Gasteiger partial charge is 0.304 e. The van der Waals surface area contributed by atoms with Crippen LogP contribution in [0.15, 0.2) is 175 Å². The molecule has 0 spiro atoms. The summed E-state index contributed by atoms with van der Waals surface area (Å²) < 4.78 is 10.9. The Hall–Kier alpha value is -6.24. The summed E-state index contributed by atoms with van der Waals surface area (Å²) in [5.74, 6) is 0.792. The fraction of sp³-hybridized carbons (Fsp3) is 0.0962. The second kappa shape index (κ2) is 16.6. The van der Waals surface area contributed by atoms with Crippen molar-refractivity contribution in [3.63, 3.8) is 0 Å². The van der Waals surface area contributed by atoms with Crippen molar-refractivity contribution in [2.45, 2.75) is 26.6 Å². The van der Waals surface area contributed by atoms with Gasteiger partial charge in [0.15, 0.2) is 5.82 Å². The van der Waals surface area contributed by atoms with E-state index in [4.69, 9.17) is 9.40 Å². The van der Waals surface area contributed by atoms with E-state index in [1.165, 1.54) is 10.8 Å². The summed E-state index contributed by atoms with van der Waals surface area (Å²) in [5, 5.41) is 3.54. The maximum absolute atomic E-state index is 6.48. The molecule has 0 saturated heterocycles. The average Bonchev–Trinajstić information content (AvgIpc) is 3.83. The van der Waals surface area contributed by atoms with Crippen molar-refractivity contribution in [1.29, 1.82) is 0 Å². The number of hydrogen-bond acceptors (Lipinski definition) is 3. The molecule has 7 heteroatoms. The van der Waals surface area contributed by atoms with Crippen molar-refractivity contribution >= 4 is 46.4 Å². The predicted octanol–water partition coefficient (Wildman–Crippen LogP) is 12.0.